The molecule has 0 amide bonds. The van der Waals surface area contributed by atoms with Gasteiger partial charge in [-0.3, -0.25) is 0 Å². The fraction of sp³-hybridized carbons (Fsp3) is 1.00. The zero-order valence-corrected chi connectivity index (χ0v) is 8.61. The normalized spacial score (nSPS) is 40.2. The van der Waals surface area contributed by atoms with Gasteiger partial charge in [0.1, 0.15) is 0 Å². The van der Waals surface area contributed by atoms with Gasteiger partial charge in [0.15, 0.2) is 0 Å². The molecule has 70 valence electrons. The molecule has 0 aromatic heterocycles. The molecule has 2 atom stereocenters. The van der Waals surface area contributed by atoms with Crippen molar-refractivity contribution < 1.29 is 0 Å². The maximum absolute atomic E-state index is 3.74. The Labute approximate surface area is 75.9 Å². The fourth-order valence-corrected chi connectivity index (χ4v) is 2.62. The molecule has 1 aliphatic heterocycles. The van der Waals surface area contributed by atoms with Gasteiger partial charge in [0.05, 0.1) is 0 Å². The van der Waals surface area contributed by atoms with E-state index in [0.29, 0.717) is 5.54 Å². The van der Waals surface area contributed by atoms with Crippen LogP contribution in [0.1, 0.15) is 46.5 Å². The third-order valence-electron chi connectivity index (χ3n) is 4.27. The minimum atomic E-state index is 0.450. The fourth-order valence-electron chi connectivity index (χ4n) is 2.62. The Bertz CT molecular complexity index is 183. The summed E-state index contributed by atoms with van der Waals surface area (Å²) in [5.41, 5.74) is 1.20. The minimum absolute atomic E-state index is 0.450. The van der Waals surface area contributed by atoms with Crippen LogP contribution in [0.3, 0.4) is 0 Å². The van der Waals surface area contributed by atoms with Crippen molar-refractivity contribution in [3.05, 3.63) is 0 Å². The van der Waals surface area contributed by atoms with Crippen LogP contribution < -0.4 is 5.32 Å². The summed E-state index contributed by atoms with van der Waals surface area (Å²) in [6, 6.07) is 0. The van der Waals surface area contributed by atoms with Crippen LogP contribution >= 0.6 is 0 Å². The summed E-state index contributed by atoms with van der Waals surface area (Å²) in [6.45, 7) is 8.38. The number of nitrogens with one attached hydrogen (secondary N) is 1. The number of hydrogen-bond acceptors (Lipinski definition) is 1. The Morgan fingerprint density at radius 1 is 1.42 bits per heavy atom. The van der Waals surface area contributed by atoms with Gasteiger partial charge in [-0.25, -0.2) is 0 Å². The maximum Gasteiger partial charge on any atom is 0.0184 e. The first-order valence-electron chi connectivity index (χ1n) is 5.35. The lowest BCUT2D eigenvalue weighted by atomic mass is 9.81. The van der Waals surface area contributed by atoms with Crippen molar-refractivity contribution in [2.24, 2.45) is 11.3 Å². The van der Waals surface area contributed by atoms with Gasteiger partial charge in [-0.2, -0.15) is 0 Å². The minimum Gasteiger partial charge on any atom is -0.311 e. The second kappa shape index (κ2) is 2.47. The monoisotopic (exact) mass is 167 g/mol. The van der Waals surface area contributed by atoms with Crippen molar-refractivity contribution in [1.82, 2.24) is 5.32 Å². The molecule has 1 aliphatic carbocycles. The third-order valence-corrected chi connectivity index (χ3v) is 4.27. The first kappa shape index (κ1) is 8.55. The van der Waals surface area contributed by atoms with E-state index in [1.54, 1.807) is 0 Å². The molecule has 12 heavy (non-hydrogen) atoms. The Balaban J connectivity index is 2.03. The van der Waals surface area contributed by atoms with Crippen molar-refractivity contribution >= 4 is 0 Å². The summed E-state index contributed by atoms with van der Waals surface area (Å²) in [5, 5.41) is 3.74. The highest BCUT2D eigenvalue weighted by Gasteiger charge is 2.53. The molecule has 1 nitrogen and oxygen atoms in total. The van der Waals surface area contributed by atoms with E-state index in [1.165, 1.54) is 32.2 Å². The van der Waals surface area contributed by atoms with Gasteiger partial charge in [-0.05, 0) is 37.5 Å². The molecule has 1 heterocycles. The maximum atomic E-state index is 3.74. The third kappa shape index (κ3) is 1.19. The average Bonchev–Trinajstić information content (AvgIpc) is 2.71. The summed E-state index contributed by atoms with van der Waals surface area (Å²) in [4.78, 5) is 0. The highest BCUT2D eigenvalue weighted by molar-refractivity contribution is 5.09. The standard InChI is InChI=1S/C11H21N/c1-4-9(2)10(3)7-11(5-6-11)8-12-10/h9,12H,4-8H2,1-3H3. The van der Waals surface area contributed by atoms with Crippen LogP contribution in [-0.2, 0) is 0 Å². The molecule has 2 rings (SSSR count). The summed E-state index contributed by atoms with van der Waals surface area (Å²) in [7, 11) is 0. The van der Waals surface area contributed by atoms with Crippen molar-refractivity contribution in [1.29, 1.82) is 0 Å². The van der Waals surface area contributed by atoms with E-state index in [-0.39, 0.29) is 0 Å². The molecular formula is C11H21N. The van der Waals surface area contributed by atoms with E-state index in [0.717, 1.165) is 11.3 Å². The number of rotatable bonds is 2. The predicted octanol–water partition coefficient (Wildman–Crippen LogP) is 2.56. The molecule has 2 fully saturated rings. The van der Waals surface area contributed by atoms with E-state index in [4.69, 9.17) is 0 Å². The van der Waals surface area contributed by atoms with E-state index in [2.05, 4.69) is 26.1 Å². The summed E-state index contributed by atoms with van der Waals surface area (Å²) in [6.07, 6.45) is 5.69. The van der Waals surface area contributed by atoms with Crippen molar-refractivity contribution in [2.75, 3.05) is 6.54 Å². The molecule has 0 bridgehead atoms. The second-order valence-electron chi connectivity index (χ2n) is 5.26. The smallest absolute Gasteiger partial charge is 0.0184 e. The quantitative estimate of drug-likeness (QED) is 0.666. The van der Waals surface area contributed by atoms with Crippen LogP contribution in [0.4, 0.5) is 0 Å². The molecule has 2 aliphatic rings. The molecule has 1 spiro atoms. The van der Waals surface area contributed by atoms with Crippen molar-refractivity contribution in [3.8, 4) is 0 Å². The largest absolute Gasteiger partial charge is 0.311 e. The van der Waals surface area contributed by atoms with Gasteiger partial charge in [0.2, 0.25) is 0 Å². The zero-order chi connectivity index (χ0) is 8.82. The summed E-state index contributed by atoms with van der Waals surface area (Å²) < 4.78 is 0. The van der Waals surface area contributed by atoms with Crippen LogP contribution in [0, 0.1) is 11.3 Å². The van der Waals surface area contributed by atoms with Crippen LogP contribution in [0.2, 0.25) is 0 Å². The Hall–Kier alpha value is -0.0400. The van der Waals surface area contributed by atoms with E-state index in [1.807, 2.05) is 0 Å². The highest BCUT2D eigenvalue weighted by Crippen LogP contribution is 2.56. The van der Waals surface area contributed by atoms with Gasteiger partial charge in [0, 0.05) is 12.1 Å². The summed E-state index contributed by atoms with van der Waals surface area (Å²) in [5.74, 6) is 0.831. The SMILES string of the molecule is CCC(C)C1(C)CC2(CC2)CN1. The molecular weight excluding hydrogens is 146 g/mol. The second-order valence-corrected chi connectivity index (χ2v) is 5.26. The number of hydrogen-bond donors (Lipinski definition) is 1. The first-order chi connectivity index (χ1) is 5.60. The van der Waals surface area contributed by atoms with Gasteiger partial charge in [-0.1, -0.05) is 20.3 Å². The Morgan fingerprint density at radius 2 is 2.08 bits per heavy atom. The Kier molecular flexibility index (Phi) is 1.76. The molecule has 0 radical (unpaired) electrons. The topological polar surface area (TPSA) is 12.0 Å². The van der Waals surface area contributed by atoms with Gasteiger partial charge < -0.3 is 5.32 Å². The predicted molar refractivity (Wildman–Crippen MR) is 52.1 cm³/mol. The highest BCUT2D eigenvalue weighted by atomic mass is 15.0. The van der Waals surface area contributed by atoms with Crippen LogP contribution in [0.15, 0.2) is 0 Å². The zero-order valence-electron chi connectivity index (χ0n) is 8.61. The molecule has 0 aromatic carbocycles. The lowest BCUT2D eigenvalue weighted by Gasteiger charge is -2.31. The molecule has 1 saturated carbocycles. The molecule has 1 heteroatoms. The van der Waals surface area contributed by atoms with Crippen LogP contribution in [0.5, 0.6) is 0 Å². The molecule has 1 N–H and O–H groups in total. The molecule has 0 aromatic rings. The van der Waals surface area contributed by atoms with Crippen LogP contribution in [-0.4, -0.2) is 12.1 Å². The lowest BCUT2D eigenvalue weighted by Crippen LogP contribution is -2.42. The van der Waals surface area contributed by atoms with Gasteiger partial charge in [0.25, 0.3) is 0 Å². The molecule has 1 saturated heterocycles. The van der Waals surface area contributed by atoms with E-state index < -0.39 is 0 Å². The van der Waals surface area contributed by atoms with Crippen molar-refractivity contribution in [2.45, 2.75) is 52.0 Å². The molecule has 2 unspecified atom stereocenters. The first-order valence-corrected chi connectivity index (χ1v) is 5.35. The van der Waals surface area contributed by atoms with Crippen molar-refractivity contribution in [3.63, 3.8) is 0 Å². The Morgan fingerprint density at radius 3 is 2.50 bits per heavy atom. The summed E-state index contributed by atoms with van der Waals surface area (Å²) >= 11 is 0. The van der Waals surface area contributed by atoms with E-state index >= 15 is 0 Å². The average molecular weight is 167 g/mol. The lowest BCUT2D eigenvalue weighted by molar-refractivity contribution is 0.264. The van der Waals surface area contributed by atoms with Gasteiger partial charge >= 0.3 is 0 Å². The van der Waals surface area contributed by atoms with Crippen LogP contribution in [0.25, 0.3) is 0 Å². The van der Waals surface area contributed by atoms with E-state index in [9.17, 15) is 0 Å². The van der Waals surface area contributed by atoms with Gasteiger partial charge in [-0.15, -0.1) is 0 Å².